The molecule has 0 saturated carbocycles. The molecular weight excluding hydrogens is 510 g/mol. The maximum absolute atomic E-state index is 5.10. The molecule has 0 N–H and O–H groups in total. The minimum atomic E-state index is 0.654. The summed E-state index contributed by atoms with van der Waals surface area (Å²) in [4.78, 5) is 15.1. The van der Waals surface area contributed by atoms with E-state index in [-0.39, 0.29) is 0 Å². The number of benzene rings is 7. The lowest BCUT2D eigenvalue weighted by Gasteiger charge is -2.13. The first-order valence-electron chi connectivity index (χ1n) is 14.1. The van der Waals surface area contributed by atoms with Crippen molar-refractivity contribution < 1.29 is 0 Å². The van der Waals surface area contributed by atoms with Gasteiger partial charge in [0.25, 0.3) is 0 Å². The molecule has 0 unspecified atom stereocenters. The van der Waals surface area contributed by atoms with Gasteiger partial charge in [-0.2, -0.15) is 0 Å². The fraction of sp³-hybridized carbons (Fsp3) is 0. The van der Waals surface area contributed by atoms with E-state index in [0.29, 0.717) is 17.5 Å². The lowest BCUT2D eigenvalue weighted by Crippen LogP contribution is -2.01. The number of hydrogen-bond donors (Lipinski definition) is 0. The highest BCUT2D eigenvalue weighted by Crippen LogP contribution is 2.35. The third-order valence-electron chi connectivity index (χ3n) is 7.92. The number of nitrogens with zero attached hydrogens (tertiary/aromatic N) is 3. The summed E-state index contributed by atoms with van der Waals surface area (Å²) in [6.45, 7) is 0. The van der Waals surface area contributed by atoms with E-state index in [1.54, 1.807) is 0 Å². The van der Waals surface area contributed by atoms with E-state index in [1.807, 2.05) is 42.5 Å². The normalized spacial score (nSPS) is 11.3. The van der Waals surface area contributed by atoms with Gasteiger partial charge in [0.2, 0.25) is 0 Å². The Morgan fingerprint density at radius 3 is 1.57 bits per heavy atom. The summed E-state index contributed by atoms with van der Waals surface area (Å²) in [6, 6.07) is 52.8. The molecule has 7 aromatic carbocycles. The van der Waals surface area contributed by atoms with Crippen LogP contribution in [0, 0.1) is 0 Å². The molecule has 8 aromatic rings. The summed E-state index contributed by atoms with van der Waals surface area (Å²) in [5.74, 6) is 1.96. The van der Waals surface area contributed by atoms with Crippen LogP contribution in [-0.2, 0) is 0 Å². The van der Waals surface area contributed by atoms with Gasteiger partial charge in [0.1, 0.15) is 0 Å². The van der Waals surface area contributed by atoms with Crippen LogP contribution in [0.3, 0.4) is 0 Å². The van der Waals surface area contributed by atoms with E-state index in [2.05, 4.69) is 109 Å². The van der Waals surface area contributed by atoms with Crippen molar-refractivity contribution in [1.29, 1.82) is 0 Å². The van der Waals surface area contributed by atoms with E-state index in [9.17, 15) is 0 Å². The van der Waals surface area contributed by atoms with Gasteiger partial charge >= 0.3 is 0 Å². The summed E-state index contributed by atoms with van der Waals surface area (Å²) in [6.07, 6.45) is 0. The predicted molar refractivity (Wildman–Crippen MR) is 174 cm³/mol. The average molecular weight is 536 g/mol. The molecule has 0 spiro atoms. The van der Waals surface area contributed by atoms with Crippen molar-refractivity contribution in [3.05, 3.63) is 152 Å². The summed E-state index contributed by atoms with van der Waals surface area (Å²) in [5, 5.41) is 7.34. The third-order valence-corrected chi connectivity index (χ3v) is 7.92. The smallest absolute Gasteiger partial charge is 0.164 e. The summed E-state index contributed by atoms with van der Waals surface area (Å²) in [5.41, 5.74) is 5.10. The van der Waals surface area contributed by atoms with Crippen LogP contribution in [-0.4, -0.2) is 15.0 Å². The Morgan fingerprint density at radius 1 is 0.286 bits per heavy atom. The zero-order valence-corrected chi connectivity index (χ0v) is 22.8. The van der Waals surface area contributed by atoms with Crippen molar-refractivity contribution >= 4 is 32.3 Å². The SMILES string of the molecule is c1ccc(-c2nc(-c3ccc4ccc5c6ccccc6ccc5c4c3)nc(-c3ccccc3-c3ccccc3)n2)cc1. The molecule has 0 atom stereocenters. The van der Waals surface area contributed by atoms with E-state index in [1.165, 1.54) is 32.3 Å². The van der Waals surface area contributed by atoms with Crippen LogP contribution < -0.4 is 0 Å². The Bertz CT molecular complexity index is 2240. The second-order valence-corrected chi connectivity index (χ2v) is 10.5. The van der Waals surface area contributed by atoms with E-state index in [0.717, 1.165) is 27.8 Å². The molecule has 42 heavy (non-hydrogen) atoms. The van der Waals surface area contributed by atoms with Crippen molar-refractivity contribution in [3.63, 3.8) is 0 Å². The van der Waals surface area contributed by atoms with Gasteiger partial charge in [-0.25, -0.2) is 15.0 Å². The van der Waals surface area contributed by atoms with E-state index < -0.39 is 0 Å². The fourth-order valence-electron chi connectivity index (χ4n) is 5.85. The lowest BCUT2D eigenvalue weighted by molar-refractivity contribution is 1.07. The Morgan fingerprint density at radius 2 is 0.810 bits per heavy atom. The number of hydrogen-bond acceptors (Lipinski definition) is 3. The standard InChI is InChI=1S/C39H25N3/c1-3-11-26(12-4-1)32-17-9-10-18-35(32)39-41-37(29-14-5-2-6-15-29)40-38(42-39)30-20-19-28-22-23-33-31-16-8-7-13-27(31)21-24-34(33)36(28)25-30/h1-25H. The highest BCUT2D eigenvalue weighted by molar-refractivity contribution is 6.17. The Hall–Kier alpha value is -5.67. The van der Waals surface area contributed by atoms with Crippen LogP contribution in [0.25, 0.3) is 77.6 Å². The highest BCUT2D eigenvalue weighted by atomic mass is 15.0. The largest absolute Gasteiger partial charge is 0.208 e. The van der Waals surface area contributed by atoms with Crippen LogP contribution >= 0.6 is 0 Å². The Labute approximate surface area is 243 Å². The lowest BCUT2D eigenvalue weighted by atomic mass is 9.96. The van der Waals surface area contributed by atoms with Gasteiger partial charge in [-0.3, -0.25) is 0 Å². The molecule has 0 radical (unpaired) electrons. The summed E-state index contributed by atoms with van der Waals surface area (Å²) < 4.78 is 0. The first-order chi connectivity index (χ1) is 20.8. The maximum atomic E-state index is 5.10. The molecule has 1 heterocycles. The second-order valence-electron chi connectivity index (χ2n) is 10.5. The Balaban J connectivity index is 1.36. The molecule has 0 bridgehead atoms. The minimum absolute atomic E-state index is 0.654. The van der Waals surface area contributed by atoms with Gasteiger partial charge in [-0.15, -0.1) is 0 Å². The minimum Gasteiger partial charge on any atom is -0.208 e. The van der Waals surface area contributed by atoms with Crippen LogP contribution in [0.5, 0.6) is 0 Å². The average Bonchev–Trinajstić information content (AvgIpc) is 3.08. The van der Waals surface area contributed by atoms with Gasteiger partial charge in [0.15, 0.2) is 17.5 Å². The predicted octanol–water partition coefficient (Wildman–Crippen LogP) is 10.00. The first kappa shape index (κ1) is 24.2. The highest BCUT2D eigenvalue weighted by Gasteiger charge is 2.16. The molecule has 0 aliphatic rings. The third kappa shape index (κ3) is 4.20. The van der Waals surface area contributed by atoms with Gasteiger partial charge in [0, 0.05) is 16.7 Å². The van der Waals surface area contributed by atoms with Crippen molar-refractivity contribution in [2.24, 2.45) is 0 Å². The van der Waals surface area contributed by atoms with E-state index >= 15 is 0 Å². The first-order valence-corrected chi connectivity index (χ1v) is 14.1. The van der Waals surface area contributed by atoms with Gasteiger partial charge in [0.05, 0.1) is 0 Å². The van der Waals surface area contributed by atoms with Crippen molar-refractivity contribution in [2.45, 2.75) is 0 Å². The maximum Gasteiger partial charge on any atom is 0.164 e. The fourth-order valence-corrected chi connectivity index (χ4v) is 5.85. The molecule has 0 fully saturated rings. The zero-order chi connectivity index (χ0) is 27.9. The van der Waals surface area contributed by atoms with Crippen LogP contribution in [0.2, 0.25) is 0 Å². The van der Waals surface area contributed by atoms with Gasteiger partial charge < -0.3 is 0 Å². The van der Waals surface area contributed by atoms with Crippen LogP contribution in [0.1, 0.15) is 0 Å². The molecule has 0 aliphatic heterocycles. The molecule has 1 aromatic heterocycles. The summed E-state index contributed by atoms with van der Waals surface area (Å²) >= 11 is 0. The van der Waals surface area contributed by atoms with Crippen molar-refractivity contribution in [1.82, 2.24) is 15.0 Å². The molecule has 0 aliphatic carbocycles. The quantitative estimate of drug-likeness (QED) is 0.211. The monoisotopic (exact) mass is 535 g/mol. The second kappa shape index (κ2) is 10.1. The molecule has 3 nitrogen and oxygen atoms in total. The molecule has 3 heteroatoms. The van der Waals surface area contributed by atoms with E-state index in [4.69, 9.17) is 15.0 Å². The Kier molecular flexibility index (Phi) is 5.79. The van der Waals surface area contributed by atoms with Crippen LogP contribution in [0.15, 0.2) is 152 Å². The van der Waals surface area contributed by atoms with Gasteiger partial charge in [-0.1, -0.05) is 146 Å². The zero-order valence-electron chi connectivity index (χ0n) is 22.8. The molecular formula is C39H25N3. The molecule has 0 saturated heterocycles. The van der Waals surface area contributed by atoms with Crippen molar-refractivity contribution in [3.8, 4) is 45.3 Å². The number of rotatable bonds is 4. The van der Waals surface area contributed by atoms with Gasteiger partial charge in [-0.05, 0) is 49.5 Å². The molecule has 8 rings (SSSR count). The van der Waals surface area contributed by atoms with Crippen molar-refractivity contribution in [2.75, 3.05) is 0 Å². The number of aromatic nitrogens is 3. The molecule has 0 amide bonds. The summed E-state index contributed by atoms with van der Waals surface area (Å²) in [7, 11) is 0. The molecule has 196 valence electrons. The van der Waals surface area contributed by atoms with Crippen LogP contribution in [0.4, 0.5) is 0 Å². The topological polar surface area (TPSA) is 38.7 Å². The number of fused-ring (bicyclic) bond motifs is 5.